The maximum Gasteiger partial charge on any atom is 0.0847 e. The lowest BCUT2D eigenvalue weighted by Gasteiger charge is -2.19. The molecule has 1 aromatic heterocycles. The summed E-state index contributed by atoms with van der Waals surface area (Å²) < 4.78 is 2.82. The van der Waals surface area contributed by atoms with Crippen molar-refractivity contribution in [2.75, 3.05) is 6.54 Å². The van der Waals surface area contributed by atoms with Crippen LogP contribution >= 0.6 is 39.1 Å². The lowest BCUT2D eigenvalue weighted by molar-refractivity contribution is 0.528. The van der Waals surface area contributed by atoms with Crippen LogP contribution in [0.2, 0.25) is 10.0 Å². The fourth-order valence-corrected chi connectivity index (χ4v) is 3.55. The molecule has 114 valence electrons. The molecule has 0 aliphatic carbocycles. The van der Waals surface area contributed by atoms with E-state index in [1.165, 1.54) is 0 Å². The molecule has 1 unspecified atom stereocenters. The van der Waals surface area contributed by atoms with Crippen molar-refractivity contribution in [1.29, 1.82) is 0 Å². The number of halogens is 3. The molecular weight excluding hydrogens is 373 g/mol. The van der Waals surface area contributed by atoms with Gasteiger partial charge in [0, 0.05) is 29.0 Å². The molecule has 0 aliphatic rings. The molecule has 0 aliphatic heterocycles. The first kappa shape index (κ1) is 16.8. The van der Waals surface area contributed by atoms with Crippen molar-refractivity contribution in [2.45, 2.75) is 26.3 Å². The van der Waals surface area contributed by atoms with Crippen molar-refractivity contribution in [2.24, 2.45) is 7.05 Å². The minimum Gasteiger partial charge on any atom is -0.310 e. The van der Waals surface area contributed by atoms with E-state index in [-0.39, 0.29) is 6.04 Å². The van der Waals surface area contributed by atoms with Gasteiger partial charge in [-0.2, -0.15) is 5.10 Å². The smallest absolute Gasteiger partial charge is 0.0847 e. The molecule has 21 heavy (non-hydrogen) atoms. The zero-order valence-electron chi connectivity index (χ0n) is 12.3. The Morgan fingerprint density at radius 1 is 1.33 bits per heavy atom. The Morgan fingerprint density at radius 2 is 2.05 bits per heavy atom. The van der Waals surface area contributed by atoms with Crippen LogP contribution in [0.15, 0.2) is 22.7 Å². The van der Waals surface area contributed by atoms with Crippen molar-refractivity contribution < 1.29 is 0 Å². The van der Waals surface area contributed by atoms with Gasteiger partial charge in [0.2, 0.25) is 0 Å². The lowest BCUT2D eigenvalue weighted by Crippen LogP contribution is -2.24. The highest BCUT2D eigenvalue weighted by molar-refractivity contribution is 9.10. The van der Waals surface area contributed by atoms with E-state index < -0.39 is 0 Å². The number of benzene rings is 1. The Morgan fingerprint density at radius 3 is 2.57 bits per heavy atom. The maximum absolute atomic E-state index is 6.36. The van der Waals surface area contributed by atoms with Gasteiger partial charge in [-0.15, -0.1) is 0 Å². The molecule has 0 spiro atoms. The topological polar surface area (TPSA) is 29.9 Å². The van der Waals surface area contributed by atoms with Crippen LogP contribution in [-0.2, 0) is 13.5 Å². The summed E-state index contributed by atoms with van der Waals surface area (Å²) in [6.07, 6.45) is 0.761. The van der Waals surface area contributed by atoms with E-state index in [1.54, 1.807) is 0 Å². The van der Waals surface area contributed by atoms with Crippen LogP contribution in [0.25, 0.3) is 0 Å². The second kappa shape index (κ2) is 7.14. The van der Waals surface area contributed by atoms with Crippen molar-refractivity contribution in [3.63, 3.8) is 0 Å². The fraction of sp³-hybridized carbons (Fsp3) is 0.400. The Bertz CT molecular complexity index is 620. The Labute approximate surface area is 143 Å². The Balaban J connectivity index is 2.35. The Hall–Kier alpha value is -0.550. The summed E-state index contributed by atoms with van der Waals surface area (Å²) in [5.41, 5.74) is 3.01. The van der Waals surface area contributed by atoms with Crippen LogP contribution in [-0.4, -0.2) is 16.3 Å². The molecule has 1 N–H and O–H groups in total. The summed E-state index contributed by atoms with van der Waals surface area (Å²) >= 11 is 16.0. The monoisotopic (exact) mass is 389 g/mol. The molecule has 2 aromatic rings. The van der Waals surface area contributed by atoms with Gasteiger partial charge in [0.25, 0.3) is 0 Å². The highest BCUT2D eigenvalue weighted by Gasteiger charge is 2.18. The average molecular weight is 391 g/mol. The predicted molar refractivity (Wildman–Crippen MR) is 92.2 cm³/mol. The third kappa shape index (κ3) is 4.01. The molecule has 0 bridgehead atoms. The summed E-state index contributed by atoms with van der Waals surface area (Å²) in [5.74, 6) is 0. The molecule has 0 saturated carbocycles. The number of likely N-dealkylation sites (N-methyl/N-ethyl adjacent to an activating group) is 1. The number of aryl methyl sites for hydroxylation is 2. The van der Waals surface area contributed by atoms with E-state index in [1.807, 2.05) is 30.8 Å². The molecule has 3 nitrogen and oxygen atoms in total. The van der Waals surface area contributed by atoms with Gasteiger partial charge in [-0.3, -0.25) is 4.68 Å². The van der Waals surface area contributed by atoms with Crippen LogP contribution in [0.5, 0.6) is 0 Å². The van der Waals surface area contributed by atoms with Gasteiger partial charge in [-0.05, 0) is 37.2 Å². The van der Waals surface area contributed by atoms with Gasteiger partial charge in [0.1, 0.15) is 0 Å². The summed E-state index contributed by atoms with van der Waals surface area (Å²) in [6, 6.07) is 6.08. The van der Waals surface area contributed by atoms with Crippen molar-refractivity contribution in [1.82, 2.24) is 15.1 Å². The normalized spacial score (nSPS) is 12.7. The number of hydrogen-bond acceptors (Lipinski definition) is 2. The number of rotatable bonds is 5. The van der Waals surface area contributed by atoms with E-state index in [0.717, 1.165) is 44.4 Å². The fourth-order valence-electron chi connectivity index (χ4n) is 2.43. The minimum atomic E-state index is 0.136. The largest absolute Gasteiger partial charge is 0.310 e. The highest BCUT2D eigenvalue weighted by Crippen LogP contribution is 2.29. The van der Waals surface area contributed by atoms with Gasteiger partial charge < -0.3 is 5.32 Å². The van der Waals surface area contributed by atoms with Crippen molar-refractivity contribution in [3.05, 3.63) is 49.7 Å². The summed E-state index contributed by atoms with van der Waals surface area (Å²) in [6.45, 7) is 4.87. The highest BCUT2D eigenvalue weighted by atomic mass is 79.9. The van der Waals surface area contributed by atoms with Gasteiger partial charge in [0.15, 0.2) is 0 Å². The van der Waals surface area contributed by atoms with Crippen molar-refractivity contribution >= 4 is 39.1 Å². The molecular formula is C15H18BrCl2N3. The zero-order chi connectivity index (χ0) is 15.6. The van der Waals surface area contributed by atoms with Crippen LogP contribution < -0.4 is 5.32 Å². The second-order valence-electron chi connectivity index (χ2n) is 4.99. The van der Waals surface area contributed by atoms with E-state index in [4.69, 9.17) is 23.2 Å². The molecule has 1 aromatic carbocycles. The van der Waals surface area contributed by atoms with Crippen LogP contribution in [0.1, 0.15) is 29.9 Å². The van der Waals surface area contributed by atoms with E-state index >= 15 is 0 Å². The van der Waals surface area contributed by atoms with Crippen molar-refractivity contribution in [3.8, 4) is 0 Å². The van der Waals surface area contributed by atoms with Crippen LogP contribution in [0.3, 0.4) is 0 Å². The molecule has 1 atom stereocenters. The molecule has 0 radical (unpaired) electrons. The zero-order valence-corrected chi connectivity index (χ0v) is 15.3. The Kier molecular flexibility index (Phi) is 5.72. The predicted octanol–water partition coefficient (Wildman–Crippen LogP) is 4.69. The number of nitrogens with one attached hydrogen (secondary N) is 1. The molecule has 6 heteroatoms. The van der Waals surface area contributed by atoms with Crippen LogP contribution in [0.4, 0.5) is 0 Å². The van der Waals surface area contributed by atoms with Crippen LogP contribution in [0, 0.1) is 6.92 Å². The lowest BCUT2D eigenvalue weighted by atomic mass is 10.0. The molecule has 1 heterocycles. The van der Waals surface area contributed by atoms with Gasteiger partial charge in [-0.25, -0.2) is 0 Å². The summed E-state index contributed by atoms with van der Waals surface area (Å²) in [5, 5.41) is 9.32. The third-order valence-corrected chi connectivity index (χ3v) is 4.56. The second-order valence-corrected chi connectivity index (χ2v) is 6.72. The summed E-state index contributed by atoms with van der Waals surface area (Å²) in [4.78, 5) is 0. The number of nitrogens with zero attached hydrogens (tertiary/aromatic N) is 2. The van der Waals surface area contributed by atoms with E-state index in [2.05, 4.69) is 39.3 Å². The SMILES string of the molecule is CCNC(Cc1c(Cl)c(C)nn1C)c1cc(Cl)cc(Br)c1. The van der Waals surface area contributed by atoms with Gasteiger partial charge in [0.05, 0.1) is 16.4 Å². The first-order valence-electron chi connectivity index (χ1n) is 6.79. The average Bonchev–Trinajstić information content (AvgIpc) is 2.63. The van der Waals surface area contributed by atoms with Gasteiger partial charge in [-0.1, -0.05) is 46.1 Å². The first-order valence-corrected chi connectivity index (χ1v) is 8.34. The standard InChI is InChI=1S/C15H18BrCl2N3/c1-4-19-13(10-5-11(16)7-12(17)6-10)8-14-15(18)9(2)20-21(14)3/h5-7,13,19H,4,8H2,1-3H3. The summed E-state index contributed by atoms with van der Waals surface area (Å²) in [7, 11) is 1.92. The third-order valence-electron chi connectivity index (χ3n) is 3.40. The first-order chi connectivity index (χ1) is 9.92. The maximum atomic E-state index is 6.36. The quantitative estimate of drug-likeness (QED) is 0.802. The number of hydrogen-bond donors (Lipinski definition) is 1. The molecule has 2 rings (SSSR count). The molecule has 0 amide bonds. The van der Waals surface area contributed by atoms with E-state index in [0.29, 0.717) is 0 Å². The molecule has 0 fully saturated rings. The minimum absolute atomic E-state index is 0.136. The van der Waals surface area contributed by atoms with Gasteiger partial charge >= 0.3 is 0 Å². The number of aromatic nitrogens is 2. The van der Waals surface area contributed by atoms with E-state index in [9.17, 15) is 0 Å². The molecule has 0 saturated heterocycles.